The average Bonchev–Trinajstić information content (AvgIpc) is 3.12. The molecular weight excluding hydrogens is 694 g/mol. The third kappa shape index (κ3) is 6.10. The smallest absolute Gasteiger partial charge is 0.338 e. The summed E-state index contributed by atoms with van der Waals surface area (Å²) in [4.78, 5) is 55.9. The first-order valence-electron chi connectivity index (χ1n) is 18.6. The fourth-order valence-corrected chi connectivity index (χ4v) is 9.49. The van der Waals surface area contributed by atoms with Gasteiger partial charge in [0.15, 0.2) is 11.9 Å². The topological polar surface area (TPSA) is 189 Å². The van der Waals surface area contributed by atoms with Crippen LogP contribution in [0.2, 0.25) is 0 Å². The lowest BCUT2D eigenvalue weighted by molar-refractivity contribution is -0.313. The molecular formula is C42H53NO11. The van der Waals surface area contributed by atoms with Crippen LogP contribution in [0.4, 0.5) is 0 Å². The van der Waals surface area contributed by atoms with Crippen LogP contribution in [0.15, 0.2) is 71.8 Å². The summed E-state index contributed by atoms with van der Waals surface area (Å²) in [5.74, 6) is -4.12. The Balaban J connectivity index is 1.47. The number of carbonyl (C=O) groups excluding carboxylic acids is 4. The van der Waals surface area contributed by atoms with Gasteiger partial charge in [0.05, 0.1) is 35.8 Å². The molecule has 54 heavy (non-hydrogen) atoms. The second-order valence-electron chi connectivity index (χ2n) is 17.6. The Morgan fingerprint density at radius 1 is 0.944 bits per heavy atom. The van der Waals surface area contributed by atoms with Gasteiger partial charge in [0, 0.05) is 35.0 Å². The molecule has 0 radical (unpaired) electrons. The van der Waals surface area contributed by atoms with Gasteiger partial charge in [-0.25, -0.2) is 9.59 Å². The molecule has 6 rings (SSSR count). The summed E-state index contributed by atoms with van der Waals surface area (Å²) in [5.41, 5.74) is -6.11. The molecule has 5 N–H and O–H groups in total. The lowest BCUT2D eigenvalue weighted by Gasteiger charge is -2.68. The van der Waals surface area contributed by atoms with Gasteiger partial charge < -0.3 is 40.0 Å². The molecule has 1 heterocycles. The number of rotatable bonds is 7. The standard InChI is InChI=1S/C42H53NO11/c1-22-25(53-36(49)31(46)29(23-15-11-9-12-16-23)43-37(50)38(2,3)4)20-42(51)34(54-35(48)24-17-13-10-14-18-24)32-40(7)21-52-27(40)19-26(44)41(32,8)33(47)30(45)28(22)39(42,5)6/h9-18,25-27,29-32,34,44-46,51H,19-21H2,1-8H3,(H,43,50)/t25-,26-,27+,29-,30+,31+,32?,34-,40+,41+,42+/m0/s1. The van der Waals surface area contributed by atoms with Gasteiger partial charge in [-0.15, -0.1) is 0 Å². The number of carbonyl (C=O) groups is 4. The van der Waals surface area contributed by atoms with Crippen molar-refractivity contribution >= 4 is 23.6 Å². The van der Waals surface area contributed by atoms with Crippen molar-refractivity contribution in [1.82, 2.24) is 5.32 Å². The van der Waals surface area contributed by atoms with E-state index >= 15 is 0 Å². The second-order valence-corrected chi connectivity index (χ2v) is 17.6. The Labute approximate surface area is 315 Å². The predicted molar refractivity (Wildman–Crippen MR) is 195 cm³/mol. The van der Waals surface area contributed by atoms with Gasteiger partial charge in [-0.05, 0) is 42.7 Å². The van der Waals surface area contributed by atoms with Crippen molar-refractivity contribution in [2.24, 2.45) is 27.6 Å². The molecule has 2 aromatic rings. The normalized spacial score (nSPS) is 35.5. The van der Waals surface area contributed by atoms with Crippen LogP contribution in [-0.2, 0) is 28.6 Å². The van der Waals surface area contributed by atoms with E-state index in [-0.39, 0.29) is 36.2 Å². The van der Waals surface area contributed by atoms with Crippen molar-refractivity contribution in [1.29, 1.82) is 0 Å². The third-order valence-electron chi connectivity index (χ3n) is 13.0. The summed E-state index contributed by atoms with van der Waals surface area (Å²) >= 11 is 0. The monoisotopic (exact) mass is 747 g/mol. The molecule has 292 valence electrons. The maximum atomic E-state index is 14.8. The van der Waals surface area contributed by atoms with Crippen molar-refractivity contribution in [2.75, 3.05) is 6.61 Å². The largest absolute Gasteiger partial charge is 0.456 e. The number of hydrogen-bond acceptors (Lipinski definition) is 11. The summed E-state index contributed by atoms with van der Waals surface area (Å²) in [7, 11) is 0. The first kappa shape index (κ1) is 39.7. The van der Waals surface area contributed by atoms with E-state index < -0.39 is 99.5 Å². The molecule has 1 unspecified atom stereocenters. The number of hydrogen-bond donors (Lipinski definition) is 5. The summed E-state index contributed by atoms with van der Waals surface area (Å²) in [6.07, 6.45) is -8.72. The van der Waals surface area contributed by atoms with E-state index in [1.54, 1.807) is 109 Å². The predicted octanol–water partition coefficient (Wildman–Crippen LogP) is 3.60. The molecule has 3 aliphatic carbocycles. The van der Waals surface area contributed by atoms with Crippen molar-refractivity contribution < 1.29 is 53.8 Å². The lowest BCUT2D eigenvalue weighted by atomic mass is 9.42. The molecule has 2 aromatic carbocycles. The number of aliphatic hydroxyl groups excluding tert-OH is 3. The molecule has 0 spiro atoms. The molecule has 12 nitrogen and oxygen atoms in total. The molecule has 11 atom stereocenters. The Morgan fingerprint density at radius 3 is 2.09 bits per heavy atom. The van der Waals surface area contributed by atoms with Crippen LogP contribution < -0.4 is 5.32 Å². The van der Waals surface area contributed by atoms with E-state index in [1.807, 2.05) is 6.92 Å². The first-order chi connectivity index (χ1) is 25.1. The summed E-state index contributed by atoms with van der Waals surface area (Å²) in [6.45, 7) is 13.5. The summed E-state index contributed by atoms with van der Waals surface area (Å²) in [5, 5.41) is 51.5. The van der Waals surface area contributed by atoms with Crippen molar-refractivity contribution in [2.45, 2.75) is 116 Å². The van der Waals surface area contributed by atoms with Crippen LogP contribution in [0.5, 0.6) is 0 Å². The number of benzene rings is 2. The molecule has 4 aliphatic rings. The van der Waals surface area contributed by atoms with E-state index in [0.717, 1.165) is 0 Å². The number of ketones is 1. The zero-order valence-corrected chi connectivity index (χ0v) is 32.2. The molecule has 0 aromatic heterocycles. The average molecular weight is 748 g/mol. The third-order valence-corrected chi connectivity index (χ3v) is 13.0. The minimum Gasteiger partial charge on any atom is -0.456 e. The van der Waals surface area contributed by atoms with E-state index in [0.29, 0.717) is 5.56 Å². The molecule has 12 heteroatoms. The van der Waals surface area contributed by atoms with Crippen LogP contribution in [0, 0.1) is 27.6 Å². The molecule has 1 amide bonds. The number of aliphatic hydroxyl groups is 4. The number of nitrogens with one attached hydrogen (secondary N) is 1. The maximum absolute atomic E-state index is 14.8. The zero-order chi connectivity index (χ0) is 39.8. The van der Waals surface area contributed by atoms with Crippen LogP contribution in [0.1, 0.15) is 90.2 Å². The number of ether oxygens (including phenoxy) is 3. The number of fused-ring (bicyclic) bond motifs is 5. The van der Waals surface area contributed by atoms with Crippen LogP contribution in [0.3, 0.4) is 0 Å². The molecule has 2 saturated carbocycles. The van der Waals surface area contributed by atoms with E-state index in [9.17, 15) is 39.6 Å². The highest BCUT2D eigenvalue weighted by atomic mass is 16.6. The van der Waals surface area contributed by atoms with E-state index in [1.165, 1.54) is 0 Å². The van der Waals surface area contributed by atoms with Crippen molar-refractivity contribution in [3.8, 4) is 0 Å². The van der Waals surface area contributed by atoms with Gasteiger partial charge in [-0.1, -0.05) is 90.1 Å². The maximum Gasteiger partial charge on any atom is 0.338 e. The Bertz CT molecular complexity index is 1840. The quantitative estimate of drug-likeness (QED) is 0.206. The number of esters is 2. The number of amides is 1. The Kier molecular flexibility index (Phi) is 10.1. The van der Waals surface area contributed by atoms with Gasteiger partial charge in [0.1, 0.15) is 23.9 Å². The van der Waals surface area contributed by atoms with Crippen LogP contribution in [-0.4, -0.2) is 92.9 Å². The molecule has 1 aliphatic heterocycles. The molecule has 1 saturated heterocycles. The summed E-state index contributed by atoms with van der Waals surface area (Å²) in [6, 6.07) is 15.4. The Morgan fingerprint density at radius 2 is 1.54 bits per heavy atom. The highest BCUT2D eigenvalue weighted by molar-refractivity contribution is 5.94. The van der Waals surface area contributed by atoms with Gasteiger partial charge in [0.2, 0.25) is 5.91 Å². The molecule has 2 bridgehead atoms. The van der Waals surface area contributed by atoms with Crippen molar-refractivity contribution in [3.63, 3.8) is 0 Å². The fourth-order valence-electron chi connectivity index (χ4n) is 9.49. The second kappa shape index (κ2) is 13.7. The minimum absolute atomic E-state index is 0.0546. The fraction of sp³-hybridized carbons (Fsp3) is 0.571. The van der Waals surface area contributed by atoms with Crippen LogP contribution in [0.25, 0.3) is 0 Å². The van der Waals surface area contributed by atoms with Crippen molar-refractivity contribution in [3.05, 3.63) is 82.9 Å². The van der Waals surface area contributed by atoms with E-state index in [2.05, 4.69) is 5.32 Å². The Hall–Kier alpha value is -3.94. The van der Waals surface area contributed by atoms with Gasteiger partial charge >= 0.3 is 11.9 Å². The highest BCUT2D eigenvalue weighted by Crippen LogP contribution is 2.65. The highest BCUT2D eigenvalue weighted by Gasteiger charge is 2.75. The SMILES string of the molecule is CC1=C2[C@@H](O)C(=O)[C@@]3(C)C([C@H](OC(=O)c4ccccc4)[C@](O)(C[C@@H]1OC(=O)[C@H](O)[C@@H](NC(=O)C(C)(C)C)c1ccccc1)C2(C)C)[C@]1(C)CO[C@@H]1C[C@@H]3O. The zero-order valence-electron chi connectivity index (χ0n) is 32.2. The number of Topliss-reactive ketones (excluding diaryl/α,β-unsaturated/α-hetero) is 1. The van der Waals surface area contributed by atoms with Crippen LogP contribution >= 0.6 is 0 Å². The van der Waals surface area contributed by atoms with Gasteiger partial charge in [-0.2, -0.15) is 0 Å². The van der Waals surface area contributed by atoms with Gasteiger partial charge in [0.25, 0.3) is 0 Å². The lowest BCUT2D eigenvalue weighted by Crippen LogP contribution is -2.77. The molecule has 3 fully saturated rings. The van der Waals surface area contributed by atoms with E-state index in [4.69, 9.17) is 14.2 Å². The minimum atomic E-state index is -2.13. The van der Waals surface area contributed by atoms with Gasteiger partial charge in [-0.3, -0.25) is 9.59 Å². The first-order valence-corrected chi connectivity index (χ1v) is 18.6. The summed E-state index contributed by atoms with van der Waals surface area (Å²) < 4.78 is 18.3.